The summed E-state index contributed by atoms with van der Waals surface area (Å²) < 4.78 is 17.6. The molecule has 1 N–H and O–H groups in total. The number of carbonyl (C=O) groups excluding carboxylic acids is 2. The molecule has 3 heterocycles. The van der Waals surface area contributed by atoms with Crippen molar-refractivity contribution in [2.45, 2.75) is 19.8 Å². The van der Waals surface area contributed by atoms with E-state index in [1.807, 2.05) is 66.3 Å². The highest BCUT2D eigenvalue weighted by Crippen LogP contribution is 2.27. The largest absolute Gasteiger partial charge is 0.338 e. The SMILES string of the molecule is Cc1nn(-c2ccccc2)c(-n2cccc2)c1C(=O)N1CCC(C(=O)Nc2ccccc2F)CC1. The molecule has 2 aromatic carbocycles. The maximum absolute atomic E-state index is 13.9. The lowest BCUT2D eigenvalue weighted by molar-refractivity contribution is -0.121. The third-order valence-corrected chi connectivity index (χ3v) is 6.38. The van der Waals surface area contributed by atoms with Gasteiger partial charge in [0.25, 0.3) is 5.91 Å². The molecule has 0 unspecified atom stereocenters. The predicted octanol–water partition coefficient (Wildman–Crippen LogP) is 4.60. The van der Waals surface area contributed by atoms with Crippen molar-refractivity contribution in [1.29, 1.82) is 0 Å². The molecule has 0 spiro atoms. The monoisotopic (exact) mass is 471 g/mol. The molecule has 8 heteroatoms. The van der Waals surface area contributed by atoms with Crippen LogP contribution < -0.4 is 5.32 Å². The molecule has 1 saturated heterocycles. The number of rotatable bonds is 5. The van der Waals surface area contributed by atoms with E-state index >= 15 is 0 Å². The van der Waals surface area contributed by atoms with E-state index < -0.39 is 5.82 Å². The summed E-state index contributed by atoms with van der Waals surface area (Å²) in [5.74, 6) is -0.389. The number of amides is 2. The number of nitrogens with zero attached hydrogens (tertiary/aromatic N) is 4. The molecule has 0 bridgehead atoms. The smallest absolute Gasteiger partial charge is 0.259 e. The van der Waals surface area contributed by atoms with Gasteiger partial charge in [0, 0.05) is 31.4 Å². The number of nitrogens with one attached hydrogen (secondary N) is 1. The number of aromatic nitrogens is 3. The van der Waals surface area contributed by atoms with Crippen LogP contribution in [0.15, 0.2) is 79.1 Å². The Kier molecular flexibility index (Phi) is 6.18. The second kappa shape index (κ2) is 9.58. The number of piperidine rings is 1. The topological polar surface area (TPSA) is 72.2 Å². The zero-order valence-corrected chi connectivity index (χ0v) is 19.4. The van der Waals surface area contributed by atoms with Gasteiger partial charge < -0.3 is 14.8 Å². The van der Waals surface area contributed by atoms with Gasteiger partial charge in [0.1, 0.15) is 11.4 Å². The van der Waals surface area contributed by atoms with E-state index in [1.54, 1.807) is 27.8 Å². The molecule has 0 aliphatic carbocycles. The molecule has 1 fully saturated rings. The Morgan fingerprint density at radius 3 is 2.29 bits per heavy atom. The summed E-state index contributed by atoms with van der Waals surface area (Å²) in [6, 6.07) is 19.7. The van der Waals surface area contributed by atoms with Gasteiger partial charge in [-0.2, -0.15) is 5.10 Å². The first-order chi connectivity index (χ1) is 17.0. The Morgan fingerprint density at radius 1 is 0.943 bits per heavy atom. The summed E-state index contributed by atoms with van der Waals surface area (Å²) in [5, 5.41) is 7.38. The first-order valence-corrected chi connectivity index (χ1v) is 11.7. The van der Waals surface area contributed by atoms with Crippen LogP contribution >= 0.6 is 0 Å². The van der Waals surface area contributed by atoms with Gasteiger partial charge in [-0.05, 0) is 56.2 Å². The number of carbonyl (C=O) groups is 2. The van der Waals surface area contributed by atoms with Crippen LogP contribution in [0.4, 0.5) is 10.1 Å². The summed E-state index contributed by atoms with van der Waals surface area (Å²) in [4.78, 5) is 28.2. The van der Waals surface area contributed by atoms with Gasteiger partial charge in [-0.3, -0.25) is 9.59 Å². The highest BCUT2D eigenvalue weighted by atomic mass is 19.1. The third-order valence-electron chi connectivity index (χ3n) is 6.38. The standard InChI is InChI=1S/C27H26FN5O2/c1-19-24(26(31-15-7-8-16-31)33(30-19)21-9-3-2-4-10-21)27(35)32-17-13-20(14-18-32)25(34)29-23-12-6-5-11-22(23)28/h2-12,15-16,20H,13-14,17-18H2,1H3,(H,29,34). The van der Waals surface area contributed by atoms with Crippen molar-refractivity contribution in [2.75, 3.05) is 18.4 Å². The number of anilines is 1. The van der Waals surface area contributed by atoms with Crippen molar-refractivity contribution in [3.05, 3.63) is 96.2 Å². The summed E-state index contributed by atoms with van der Waals surface area (Å²) in [6.45, 7) is 2.72. The van der Waals surface area contributed by atoms with E-state index in [1.165, 1.54) is 6.07 Å². The lowest BCUT2D eigenvalue weighted by atomic mass is 9.95. The van der Waals surface area contributed by atoms with Crippen LogP contribution in [0, 0.1) is 18.7 Å². The van der Waals surface area contributed by atoms with Crippen LogP contribution in [-0.4, -0.2) is 44.2 Å². The van der Waals surface area contributed by atoms with Crippen molar-refractivity contribution >= 4 is 17.5 Å². The molecule has 0 radical (unpaired) electrons. The second-order valence-corrected chi connectivity index (χ2v) is 8.66. The molecule has 1 aliphatic rings. The molecule has 2 amide bonds. The zero-order chi connectivity index (χ0) is 24.4. The molecular formula is C27H26FN5O2. The van der Waals surface area contributed by atoms with Crippen molar-refractivity contribution in [3.63, 3.8) is 0 Å². The normalized spacial score (nSPS) is 14.2. The Morgan fingerprint density at radius 2 is 1.60 bits per heavy atom. The lowest BCUT2D eigenvalue weighted by Gasteiger charge is -2.31. The maximum atomic E-state index is 13.9. The van der Waals surface area contributed by atoms with Crippen molar-refractivity contribution < 1.29 is 14.0 Å². The molecule has 7 nitrogen and oxygen atoms in total. The van der Waals surface area contributed by atoms with E-state index in [-0.39, 0.29) is 23.4 Å². The number of hydrogen-bond acceptors (Lipinski definition) is 3. The number of benzene rings is 2. The minimum absolute atomic E-state index is 0.110. The lowest BCUT2D eigenvalue weighted by Crippen LogP contribution is -2.42. The van der Waals surface area contributed by atoms with Crippen LogP contribution in [-0.2, 0) is 4.79 Å². The summed E-state index contributed by atoms with van der Waals surface area (Å²) >= 11 is 0. The first kappa shape index (κ1) is 22.6. The zero-order valence-electron chi connectivity index (χ0n) is 19.4. The average molecular weight is 472 g/mol. The van der Waals surface area contributed by atoms with E-state index in [2.05, 4.69) is 5.32 Å². The van der Waals surface area contributed by atoms with Crippen LogP contribution in [0.2, 0.25) is 0 Å². The quantitative estimate of drug-likeness (QED) is 0.462. The molecule has 4 aromatic rings. The average Bonchev–Trinajstić information content (AvgIpc) is 3.53. The van der Waals surface area contributed by atoms with E-state index in [0.717, 1.165) is 5.69 Å². The van der Waals surface area contributed by atoms with Gasteiger partial charge in [-0.15, -0.1) is 0 Å². The minimum atomic E-state index is -0.461. The molecule has 0 atom stereocenters. The van der Waals surface area contributed by atoms with Crippen molar-refractivity contribution in [3.8, 4) is 11.5 Å². The highest BCUT2D eigenvalue weighted by molar-refractivity contribution is 5.99. The van der Waals surface area contributed by atoms with Gasteiger partial charge in [-0.1, -0.05) is 30.3 Å². The van der Waals surface area contributed by atoms with Crippen LogP contribution in [0.5, 0.6) is 0 Å². The summed E-state index contributed by atoms with van der Waals surface area (Å²) in [5.41, 5.74) is 2.22. The fourth-order valence-electron chi connectivity index (χ4n) is 4.53. The molecule has 1 aliphatic heterocycles. The van der Waals surface area contributed by atoms with E-state index in [0.29, 0.717) is 43.0 Å². The van der Waals surface area contributed by atoms with Gasteiger partial charge in [0.05, 0.1) is 17.1 Å². The summed E-state index contributed by atoms with van der Waals surface area (Å²) in [6.07, 6.45) is 4.81. The minimum Gasteiger partial charge on any atom is -0.338 e. The second-order valence-electron chi connectivity index (χ2n) is 8.66. The van der Waals surface area contributed by atoms with Crippen molar-refractivity contribution in [1.82, 2.24) is 19.2 Å². The van der Waals surface area contributed by atoms with Gasteiger partial charge in [0.15, 0.2) is 5.82 Å². The number of likely N-dealkylation sites (tertiary alicyclic amines) is 1. The fourth-order valence-corrected chi connectivity index (χ4v) is 4.53. The van der Waals surface area contributed by atoms with Gasteiger partial charge in [0.2, 0.25) is 5.91 Å². The summed E-state index contributed by atoms with van der Waals surface area (Å²) in [7, 11) is 0. The van der Waals surface area contributed by atoms with Crippen LogP contribution in [0.3, 0.4) is 0 Å². The van der Waals surface area contributed by atoms with E-state index in [4.69, 9.17) is 5.10 Å². The number of aryl methyl sites for hydroxylation is 1. The van der Waals surface area contributed by atoms with Crippen LogP contribution in [0.1, 0.15) is 28.9 Å². The molecule has 2 aromatic heterocycles. The predicted molar refractivity (Wildman–Crippen MR) is 131 cm³/mol. The Bertz CT molecular complexity index is 1340. The maximum Gasteiger partial charge on any atom is 0.259 e. The third kappa shape index (κ3) is 4.47. The molecular weight excluding hydrogens is 445 g/mol. The highest BCUT2D eigenvalue weighted by Gasteiger charge is 2.32. The molecule has 35 heavy (non-hydrogen) atoms. The first-order valence-electron chi connectivity index (χ1n) is 11.7. The van der Waals surface area contributed by atoms with Crippen LogP contribution in [0.25, 0.3) is 11.5 Å². The van der Waals surface area contributed by atoms with E-state index in [9.17, 15) is 14.0 Å². The molecule has 5 rings (SSSR count). The molecule has 178 valence electrons. The van der Waals surface area contributed by atoms with Crippen molar-refractivity contribution in [2.24, 2.45) is 5.92 Å². The van der Waals surface area contributed by atoms with Gasteiger partial charge >= 0.3 is 0 Å². The Labute approximate surface area is 202 Å². The number of hydrogen-bond donors (Lipinski definition) is 1. The Hall–Kier alpha value is -4.20. The van der Waals surface area contributed by atoms with Gasteiger partial charge in [-0.25, -0.2) is 9.07 Å². The number of para-hydroxylation sites is 2. The fraction of sp³-hybridized carbons (Fsp3) is 0.222. The Balaban J connectivity index is 1.36. The number of halogens is 1. The molecule has 0 saturated carbocycles.